The fourth-order valence-corrected chi connectivity index (χ4v) is 1.73. The molecule has 4 heteroatoms. The van der Waals surface area contributed by atoms with Crippen LogP contribution in [0.5, 0.6) is 0 Å². The van der Waals surface area contributed by atoms with Gasteiger partial charge in [-0.2, -0.15) is 0 Å². The second kappa shape index (κ2) is 4.77. The zero-order chi connectivity index (χ0) is 10.7. The van der Waals surface area contributed by atoms with Gasteiger partial charge in [0.2, 0.25) is 0 Å². The van der Waals surface area contributed by atoms with Gasteiger partial charge in [0, 0.05) is 31.9 Å². The van der Waals surface area contributed by atoms with Crippen molar-refractivity contribution >= 4 is 0 Å². The predicted molar refractivity (Wildman–Crippen MR) is 58.7 cm³/mol. The third-order valence-electron chi connectivity index (χ3n) is 2.74. The molecule has 1 aliphatic rings. The number of morpholine rings is 1. The normalized spacial score (nSPS) is 18.6. The minimum absolute atomic E-state index is 0.496. The maximum absolute atomic E-state index is 5.31. The molecular formula is C11H19N3O. The van der Waals surface area contributed by atoms with E-state index in [9.17, 15) is 0 Å². The Hall–Kier alpha value is -0.870. The summed E-state index contributed by atoms with van der Waals surface area (Å²) in [5, 5.41) is 0. The van der Waals surface area contributed by atoms with Crippen LogP contribution in [0, 0.1) is 0 Å². The molecule has 0 unspecified atom stereocenters. The highest BCUT2D eigenvalue weighted by Crippen LogP contribution is 2.08. The van der Waals surface area contributed by atoms with E-state index in [4.69, 9.17) is 4.74 Å². The van der Waals surface area contributed by atoms with Crippen LogP contribution in [0.25, 0.3) is 0 Å². The molecular weight excluding hydrogens is 190 g/mol. The number of aromatic nitrogens is 2. The topological polar surface area (TPSA) is 30.3 Å². The van der Waals surface area contributed by atoms with Crippen LogP contribution in [0.4, 0.5) is 0 Å². The second-order valence-electron chi connectivity index (χ2n) is 4.29. The van der Waals surface area contributed by atoms with E-state index in [-0.39, 0.29) is 0 Å². The molecule has 0 spiro atoms. The largest absolute Gasteiger partial charge is 0.379 e. The minimum Gasteiger partial charge on any atom is -0.379 e. The van der Waals surface area contributed by atoms with Crippen molar-refractivity contribution in [3.05, 3.63) is 18.2 Å². The van der Waals surface area contributed by atoms with E-state index in [1.54, 1.807) is 0 Å². The standard InChI is InChI=1S/C11H19N3O/c1-10(2)14-8-11(12-9-14)7-13-3-5-15-6-4-13/h8-10H,3-7H2,1-2H3. The van der Waals surface area contributed by atoms with Gasteiger partial charge in [0.15, 0.2) is 0 Å². The van der Waals surface area contributed by atoms with Gasteiger partial charge in [-0.15, -0.1) is 0 Å². The molecule has 0 saturated carbocycles. The molecule has 0 amide bonds. The molecule has 0 bridgehead atoms. The summed E-state index contributed by atoms with van der Waals surface area (Å²) in [7, 11) is 0. The van der Waals surface area contributed by atoms with Gasteiger partial charge in [-0.05, 0) is 13.8 Å². The summed E-state index contributed by atoms with van der Waals surface area (Å²) in [6.45, 7) is 9.03. The maximum Gasteiger partial charge on any atom is 0.0952 e. The summed E-state index contributed by atoms with van der Waals surface area (Å²) in [5.41, 5.74) is 1.16. The molecule has 0 aliphatic carbocycles. The molecule has 2 rings (SSSR count). The van der Waals surface area contributed by atoms with Crippen LogP contribution in [-0.2, 0) is 11.3 Å². The van der Waals surface area contributed by atoms with Gasteiger partial charge in [-0.25, -0.2) is 4.98 Å². The van der Waals surface area contributed by atoms with Gasteiger partial charge in [-0.3, -0.25) is 4.90 Å². The number of rotatable bonds is 3. The van der Waals surface area contributed by atoms with E-state index < -0.39 is 0 Å². The van der Waals surface area contributed by atoms with Gasteiger partial charge in [-0.1, -0.05) is 0 Å². The summed E-state index contributed by atoms with van der Waals surface area (Å²) in [6, 6.07) is 0.496. The first-order valence-electron chi connectivity index (χ1n) is 5.58. The van der Waals surface area contributed by atoms with Crippen LogP contribution in [0.15, 0.2) is 12.5 Å². The molecule has 15 heavy (non-hydrogen) atoms. The van der Waals surface area contributed by atoms with Crippen molar-refractivity contribution < 1.29 is 4.74 Å². The number of nitrogens with zero attached hydrogens (tertiary/aromatic N) is 3. The first kappa shape index (κ1) is 10.6. The average Bonchev–Trinajstić information content (AvgIpc) is 2.68. The van der Waals surface area contributed by atoms with Crippen LogP contribution in [0.2, 0.25) is 0 Å². The summed E-state index contributed by atoms with van der Waals surface area (Å²) < 4.78 is 7.46. The van der Waals surface area contributed by atoms with Crippen LogP contribution in [0.3, 0.4) is 0 Å². The Labute approximate surface area is 90.9 Å². The van der Waals surface area contributed by atoms with E-state index in [1.165, 1.54) is 0 Å². The molecule has 1 saturated heterocycles. The second-order valence-corrected chi connectivity index (χ2v) is 4.29. The molecule has 1 fully saturated rings. The average molecular weight is 209 g/mol. The molecule has 84 valence electrons. The highest BCUT2D eigenvalue weighted by atomic mass is 16.5. The molecule has 0 N–H and O–H groups in total. The summed E-state index contributed by atoms with van der Waals surface area (Å²) in [5.74, 6) is 0. The number of ether oxygens (including phenoxy) is 1. The molecule has 4 nitrogen and oxygen atoms in total. The molecule has 0 atom stereocenters. The van der Waals surface area contributed by atoms with Crippen molar-refractivity contribution in [2.24, 2.45) is 0 Å². The lowest BCUT2D eigenvalue weighted by Gasteiger charge is -2.25. The van der Waals surface area contributed by atoms with Crippen LogP contribution in [0.1, 0.15) is 25.6 Å². The predicted octanol–water partition coefficient (Wildman–Crippen LogP) is 1.30. The quantitative estimate of drug-likeness (QED) is 0.751. The summed E-state index contributed by atoms with van der Waals surface area (Å²) in [4.78, 5) is 6.80. The molecule has 0 radical (unpaired) electrons. The molecule has 1 aliphatic heterocycles. The SMILES string of the molecule is CC(C)n1cnc(CN2CCOCC2)c1. The smallest absolute Gasteiger partial charge is 0.0952 e. The van der Waals surface area contributed by atoms with Crippen molar-refractivity contribution in [3.8, 4) is 0 Å². The Morgan fingerprint density at radius 1 is 1.40 bits per heavy atom. The molecule has 1 aromatic rings. The van der Waals surface area contributed by atoms with Gasteiger partial charge < -0.3 is 9.30 Å². The Bertz CT molecular complexity index is 303. The zero-order valence-corrected chi connectivity index (χ0v) is 9.52. The van der Waals surface area contributed by atoms with Crippen LogP contribution >= 0.6 is 0 Å². The van der Waals surface area contributed by atoms with Crippen LogP contribution < -0.4 is 0 Å². The Kier molecular flexibility index (Phi) is 3.38. The zero-order valence-electron chi connectivity index (χ0n) is 9.52. The lowest BCUT2D eigenvalue weighted by Crippen LogP contribution is -2.35. The third kappa shape index (κ3) is 2.79. The van der Waals surface area contributed by atoms with Crippen molar-refractivity contribution in [2.45, 2.75) is 26.4 Å². The van der Waals surface area contributed by atoms with E-state index >= 15 is 0 Å². The monoisotopic (exact) mass is 209 g/mol. The minimum atomic E-state index is 0.496. The first-order valence-corrected chi connectivity index (χ1v) is 5.58. The van der Waals surface area contributed by atoms with Crippen molar-refractivity contribution in [1.29, 1.82) is 0 Å². The van der Waals surface area contributed by atoms with Crippen molar-refractivity contribution in [3.63, 3.8) is 0 Å². The van der Waals surface area contributed by atoms with E-state index in [0.29, 0.717) is 6.04 Å². The van der Waals surface area contributed by atoms with Crippen molar-refractivity contribution in [1.82, 2.24) is 14.5 Å². The first-order chi connectivity index (χ1) is 7.25. The fraction of sp³-hybridized carbons (Fsp3) is 0.727. The lowest BCUT2D eigenvalue weighted by atomic mass is 10.3. The highest BCUT2D eigenvalue weighted by molar-refractivity contribution is 4.97. The van der Waals surface area contributed by atoms with Crippen molar-refractivity contribution in [2.75, 3.05) is 26.3 Å². The van der Waals surface area contributed by atoms with Gasteiger partial charge in [0.05, 0.1) is 25.2 Å². The number of hydrogen-bond acceptors (Lipinski definition) is 3. The van der Waals surface area contributed by atoms with E-state index in [2.05, 4.69) is 34.5 Å². The van der Waals surface area contributed by atoms with E-state index in [0.717, 1.165) is 38.5 Å². The Morgan fingerprint density at radius 3 is 2.73 bits per heavy atom. The molecule has 2 heterocycles. The Balaban J connectivity index is 1.91. The highest BCUT2D eigenvalue weighted by Gasteiger charge is 2.12. The number of imidazole rings is 1. The third-order valence-corrected chi connectivity index (χ3v) is 2.74. The maximum atomic E-state index is 5.31. The molecule has 0 aromatic carbocycles. The summed E-state index contributed by atoms with van der Waals surface area (Å²) in [6.07, 6.45) is 4.06. The lowest BCUT2D eigenvalue weighted by molar-refractivity contribution is 0.0337. The number of hydrogen-bond donors (Lipinski definition) is 0. The summed E-state index contributed by atoms with van der Waals surface area (Å²) >= 11 is 0. The molecule has 1 aromatic heterocycles. The van der Waals surface area contributed by atoms with Crippen LogP contribution in [-0.4, -0.2) is 40.8 Å². The van der Waals surface area contributed by atoms with Gasteiger partial charge in [0.25, 0.3) is 0 Å². The van der Waals surface area contributed by atoms with Gasteiger partial charge >= 0.3 is 0 Å². The van der Waals surface area contributed by atoms with E-state index in [1.807, 2.05) is 6.33 Å². The van der Waals surface area contributed by atoms with Gasteiger partial charge in [0.1, 0.15) is 0 Å². The Morgan fingerprint density at radius 2 is 2.13 bits per heavy atom. The fourth-order valence-electron chi connectivity index (χ4n) is 1.73.